The van der Waals surface area contributed by atoms with Gasteiger partial charge in [0.15, 0.2) is 0 Å². The SMILES string of the molecule is CC(=O)O.Cl.NN. The van der Waals surface area contributed by atoms with Gasteiger partial charge in [-0.2, -0.15) is 0 Å². The van der Waals surface area contributed by atoms with E-state index in [0.29, 0.717) is 0 Å². The van der Waals surface area contributed by atoms with Gasteiger partial charge in [0.05, 0.1) is 0 Å². The highest BCUT2D eigenvalue weighted by Gasteiger charge is 1.65. The molecular weight excluding hydrogens is 119 g/mol. The van der Waals surface area contributed by atoms with Crippen molar-refractivity contribution in [2.45, 2.75) is 6.92 Å². The number of nitrogens with two attached hydrogens (primary N) is 2. The lowest BCUT2D eigenvalue weighted by Crippen LogP contribution is -2.02. The van der Waals surface area contributed by atoms with Gasteiger partial charge in [-0.1, -0.05) is 0 Å². The number of carboxylic acid groups (broad SMARTS) is 1. The summed E-state index contributed by atoms with van der Waals surface area (Å²) in [5.41, 5.74) is 0. The van der Waals surface area contributed by atoms with E-state index in [9.17, 15) is 0 Å². The van der Waals surface area contributed by atoms with Gasteiger partial charge in [0.1, 0.15) is 0 Å². The van der Waals surface area contributed by atoms with Gasteiger partial charge >= 0.3 is 0 Å². The van der Waals surface area contributed by atoms with E-state index in [1.54, 1.807) is 0 Å². The first-order valence-electron chi connectivity index (χ1n) is 1.26. The maximum atomic E-state index is 9.00. The summed E-state index contributed by atoms with van der Waals surface area (Å²) in [6.07, 6.45) is 0. The summed E-state index contributed by atoms with van der Waals surface area (Å²) in [6, 6.07) is 0. The molecule has 5 heteroatoms. The number of hydrogen-bond donors (Lipinski definition) is 3. The lowest BCUT2D eigenvalue weighted by Gasteiger charge is -1.59. The summed E-state index contributed by atoms with van der Waals surface area (Å²) in [4.78, 5) is 9.00. The van der Waals surface area contributed by atoms with Crippen LogP contribution in [0.3, 0.4) is 0 Å². The first-order chi connectivity index (χ1) is 2.73. The average Bonchev–Trinajstić information content (AvgIpc) is 1.41. The van der Waals surface area contributed by atoms with E-state index >= 15 is 0 Å². The first kappa shape index (κ1) is 15.9. The van der Waals surface area contributed by atoms with Crippen LogP contribution in [0.1, 0.15) is 6.92 Å². The molecule has 0 aromatic heterocycles. The predicted octanol–water partition coefficient (Wildman–Crippen LogP) is -0.669. The van der Waals surface area contributed by atoms with E-state index in [1.807, 2.05) is 0 Å². The molecule has 0 rings (SSSR count). The molecule has 46 valence electrons. The van der Waals surface area contributed by atoms with Crippen LogP contribution in [0.5, 0.6) is 0 Å². The standard InChI is InChI=1S/C2H4O2.ClH.H4N2/c1-2(3)4;;1-2/h1H3,(H,3,4);1H;1-2H2. The topological polar surface area (TPSA) is 89.3 Å². The Balaban J connectivity index is -0.0000000480. The summed E-state index contributed by atoms with van der Waals surface area (Å²) < 4.78 is 0. The normalized spacial score (nSPS) is 4.43. The van der Waals surface area contributed by atoms with E-state index in [-0.39, 0.29) is 12.4 Å². The molecule has 5 N–H and O–H groups in total. The Bertz CT molecular complexity index is 36.7. The summed E-state index contributed by atoms with van der Waals surface area (Å²) >= 11 is 0. The van der Waals surface area contributed by atoms with Gasteiger partial charge < -0.3 is 5.11 Å². The van der Waals surface area contributed by atoms with Gasteiger partial charge in [-0.05, 0) is 0 Å². The lowest BCUT2D eigenvalue weighted by molar-refractivity contribution is -0.134. The van der Waals surface area contributed by atoms with Gasteiger partial charge in [0, 0.05) is 6.92 Å². The number of carboxylic acids is 1. The fraction of sp³-hybridized carbons (Fsp3) is 0.500. The van der Waals surface area contributed by atoms with Crippen molar-refractivity contribution in [1.29, 1.82) is 0 Å². The number of rotatable bonds is 0. The van der Waals surface area contributed by atoms with Crippen LogP contribution in [0.15, 0.2) is 0 Å². The van der Waals surface area contributed by atoms with Crippen LogP contribution in [0, 0.1) is 0 Å². The monoisotopic (exact) mass is 128 g/mol. The van der Waals surface area contributed by atoms with Crippen molar-refractivity contribution in [2.24, 2.45) is 11.7 Å². The minimum absolute atomic E-state index is 0. The molecule has 0 aromatic carbocycles. The van der Waals surface area contributed by atoms with Crippen LogP contribution in [0.4, 0.5) is 0 Å². The van der Waals surface area contributed by atoms with Crippen molar-refractivity contribution < 1.29 is 9.90 Å². The molecule has 0 atom stereocenters. The largest absolute Gasteiger partial charge is 0.481 e. The van der Waals surface area contributed by atoms with Crippen LogP contribution >= 0.6 is 12.4 Å². The molecule has 0 aliphatic heterocycles. The van der Waals surface area contributed by atoms with Gasteiger partial charge in [-0.3, -0.25) is 16.5 Å². The fourth-order valence-electron chi connectivity index (χ4n) is 0. The highest BCUT2D eigenvalue weighted by Crippen LogP contribution is 1.42. The van der Waals surface area contributed by atoms with Crippen molar-refractivity contribution in [2.75, 3.05) is 0 Å². The number of hydrogen-bond acceptors (Lipinski definition) is 3. The number of halogens is 1. The molecule has 0 fully saturated rings. The van der Waals surface area contributed by atoms with Crippen LogP contribution < -0.4 is 11.7 Å². The first-order valence-corrected chi connectivity index (χ1v) is 1.26. The number of hydrazine groups is 1. The quantitative estimate of drug-likeness (QED) is 0.298. The van der Waals surface area contributed by atoms with Gasteiger partial charge in [-0.15, -0.1) is 12.4 Å². The van der Waals surface area contributed by atoms with E-state index in [4.69, 9.17) is 9.90 Å². The Kier molecular flexibility index (Phi) is 39.4. The molecule has 0 saturated carbocycles. The fourth-order valence-corrected chi connectivity index (χ4v) is 0. The smallest absolute Gasteiger partial charge is 0.300 e. The van der Waals surface area contributed by atoms with E-state index < -0.39 is 5.97 Å². The Morgan fingerprint density at radius 3 is 1.57 bits per heavy atom. The minimum Gasteiger partial charge on any atom is -0.481 e. The van der Waals surface area contributed by atoms with Crippen LogP contribution in [0.2, 0.25) is 0 Å². The zero-order valence-electron chi connectivity index (χ0n) is 3.92. The minimum atomic E-state index is -0.833. The lowest BCUT2D eigenvalue weighted by atomic mass is 10.9. The third-order valence-electron chi connectivity index (χ3n) is 0. The van der Waals surface area contributed by atoms with Crippen molar-refractivity contribution in [1.82, 2.24) is 0 Å². The van der Waals surface area contributed by atoms with Gasteiger partial charge in [0.25, 0.3) is 5.97 Å². The van der Waals surface area contributed by atoms with Crippen LogP contribution in [-0.4, -0.2) is 11.1 Å². The van der Waals surface area contributed by atoms with Gasteiger partial charge in [-0.25, -0.2) is 0 Å². The Morgan fingerprint density at radius 1 is 1.57 bits per heavy atom. The van der Waals surface area contributed by atoms with E-state index in [2.05, 4.69) is 11.7 Å². The molecule has 0 saturated heterocycles. The van der Waals surface area contributed by atoms with Crippen molar-refractivity contribution in [3.63, 3.8) is 0 Å². The zero-order valence-corrected chi connectivity index (χ0v) is 4.73. The summed E-state index contributed by atoms with van der Waals surface area (Å²) in [5, 5.41) is 7.42. The van der Waals surface area contributed by atoms with Crippen LogP contribution in [-0.2, 0) is 4.79 Å². The molecule has 0 heterocycles. The molecule has 7 heavy (non-hydrogen) atoms. The van der Waals surface area contributed by atoms with Crippen LogP contribution in [0.25, 0.3) is 0 Å². The Hall–Kier alpha value is -0.320. The number of carbonyl (C=O) groups is 1. The third-order valence-corrected chi connectivity index (χ3v) is 0. The number of aliphatic carboxylic acids is 1. The third kappa shape index (κ3) is 751. The molecule has 0 spiro atoms. The highest BCUT2D eigenvalue weighted by atomic mass is 35.5. The molecule has 0 amide bonds. The second-order valence-electron chi connectivity index (χ2n) is 0.519. The summed E-state index contributed by atoms with van der Waals surface area (Å²) in [7, 11) is 0. The summed E-state index contributed by atoms with van der Waals surface area (Å²) in [6.45, 7) is 1.08. The van der Waals surface area contributed by atoms with E-state index in [1.165, 1.54) is 0 Å². The molecule has 4 nitrogen and oxygen atoms in total. The van der Waals surface area contributed by atoms with Crippen molar-refractivity contribution >= 4 is 18.4 Å². The van der Waals surface area contributed by atoms with Gasteiger partial charge in [0.2, 0.25) is 0 Å². The van der Waals surface area contributed by atoms with Crippen molar-refractivity contribution in [3.8, 4) is 0 Å². The molecule has 0 aliphatic carbocycles. The molecule has 0 unspecified atom stereocenters. The molecular formula is C2H9ClN2O2. The molecule has 0 bridgehead atoms. The molecule has 0 radical (unpaired) electrons. The Morgan fingerprint density at radius 2 is 1.57 bits per heavy atom. The Labute approximate surface area is 47.9 Å². The second-order valence-corrected chi connectivity index (χ2v) is 0.519. The second kappa shape index (κ2) is 17.3. The van der Waals surface area contributed by atoms with Crippen molar-refractivity contribution in [3.05, 3.63) is 0 Å². The molecule has 0 aliphatic rings. The average molecular weight is 129 g/mol. The predicted molar refractivity (Wildman–Crippen MR) is 28.9 cm³/mol. The zero-order chi connectivity index (χ0) is 5.58. The van der Waals surface area contributed by atoms with E-state index in [0.717, 1.165) is 6.92 Å². The summed E-state index contributed by atoms with van der Waals surface area (Å²) in [5.74, 6) is 7.17. The maximum absolute atomic E-state index is 9.00. The highest BCUT2D eigenvalue weighted by molar-refractivity contribution is 5.85. The maximum Gasteiger partial charge on any atom is 0.300 e. The molecule has 0 aromatic rings.